The zero-order chi connectivity index (χ0) is 17.4. The lowest BCUT2D eigenvalue weighted by Gasteiger charge is -2.29. The van der Waals surface area contributed by atoms with E-state index in [1.807, 2.05) is 36.0 Å². The lowest BCUT2D eigenvalue weighted by atomic mass is 10.1. The molecular weight excluding hydrogens is 318 g/mol. The van der Waals surface area contributed by atoms with E-state index in [9.17, 15) is 4.79 Å². The zero-order valence-corrected chi connectivity index (χ0v) is 14.6. The Morgan fingerprint density at radius 3 is 2.84 bits per heavy atom. The molecule has 1 amide bonds. The average molecular weight is 341 g/mol. The maximum Gasteiger partial charge on any atom is 0.225 e. The van der Waals surface area contributed by atoms with Gasteiger partial charge in [0.15, 0.2) is 0 Å². The third-order valence-corrected chi connectivity index (χ3v) is 5.00. The van der Waals surface area contributed by atoms with Crippen molar-refractivity contribution in [2.45, 2.75) is 43.9 Å². The molecule has 2 atom stereocenters. The number of methoxy groups -OCH3 is 1. The SMILES string of the molecule is COc1cccc(CN[C@@H]2CC(=O)N(C3CC3)[C@H]2c2ccnn2C)n1. The highest BCUT2D eigenvalue weighted by atomic mass is 16.5. The molecule has 0 unspecified atom stereocenters. The molecule has 0 spiro atoms. The molecule has 7 nitrogen and oxygen atoms in total. The number of rotatable bonds is 6. The van der Waals surface area contributed by atoms with Crippen LogP contribution < -0.4 is 10.1 Å². The van der Waals surface area contributed by atoms with E-state index < -0.39 is 0 Å². The van der Waals surface area contributed by atoms with Crippen molar-refractivity contribution in [1.29, 1.82) is 0 Å². The minimum Gasteiger partial charge on any atom is -0.481 e. The number of amides is 1. The van der Waals surface area contributed by atoms with Gasteiger partial charge in [0.1, 0.15) is 0 Å². The van der Waals surface area contributed by atoms with Gasteiger partial charge in [0.05, 0.1) is 24.5 Å². The summed E-state index contributed by atoms with van der Waals surface area (Å²) in [6, 6.07) is 8.19. The second-order valence-electron chi connectivity index (χ2n) is 6.72. The van der Waals surface area contributed by atoms with Gasteiger partial charge in [-0.1, -0.05) is 6.07 Å². The van der Waals surface area contributed by atoms with Crippen molar-refractivity contribution >= 4 is 5.91 Å². The molecule has 1 aliphatic heterocycles. The zero-order valence-electron chi connectivity index (χ0n) is 14.6. The fraction of sp³-hybridized carbons (Fsp3) is 0.500. The fourth-order valence-electron chi connectivity index (χ4n) is 3.65. The number of hydrogen-bond acceptors (Lipinski definition) is 5. The van der Waals surface area contributed by atoms with Gasteiger partial charge >= 0.3 is 0 Å². The van der Waals surface area contributed by atoms with E-state index in [1.165, 1.54) is 0 Å². The Labute approximate surface area is 147 Å². The Bertz CT molecular complexity index is 770. The number of ether oxygens (including phenoxy) is 1. The number of aryl methyl sites for hydroxylation is 1. The second-order valence-corrected chi connectivity index (χ2v) is 6.72. The predicted octanol–water partition coefficient (Wildman–Crippen LogP) is 1.42. The average Bonchev–Trinajstić information content (AvgIpc) is 3.29. The normalized spacial score (nSPS) is 23.3. The molecular formula is C18H23N5O2. The number of pyridine rings is 1. The largest absolute Gasteiger partial charge is 0.481 e. The lowest BCUT2D eigenvalue weighted by Crippen LogP contribution is -2.38. The molecule has 132 valence electrons. The first-order valence-electron chi connectivity index (χ1n) is 8.69. The summed E-state index contributed by atoms with van der Waals surface area (Å²) >= 11 is 0. The van der Waals surface area contributed by atoms with Crippen LogP contribution >= 0.6 is 0 Å². The molecule has 2 aromatic rings. The first-order valence-corrected chi connectivity index (χ1v) is 8.69. The molecule has 7 heteroatoms. The van der Waals surface area contributed by atoms with Crippen LogP contribution in [0, 0.1) is 0 Å². The van der Waals surface area contributed by atoms with Crippen molar-refractivity contribution in [2.75, 3.05) is 7.11 Å². The number of nitrogens with one attached hydrogen (secondary N) is 1. The summed E-state index contributed by atoms with van der Waals surface area (Å²) in [7, 11) is 3.55. The Morgan fingerprint density at radius 2 is 2.16 bits per heavy atom. The maximum absolute atomic E-state index is 12.6. The van der Waals surface area contributed by atoms with Gasteiger partial charge in [-0.15, -0.1) is 0 Å². The molecule has 2 aromatic heterocycles. The van der Waals surface area contributed by atoms with E-state index >= 15 is 0 Å². The molecule has 1 saturated heterocycles. The van der Waals surface area contributed by atoms with Crippen molar-refractivity contribution in [3.63, 3.8) is 0 Å². The van der Waals surface area contributed by atoms with Crippen molar-refractivity contribution in [1.82, 2.24) is 25.0 Å². The summed E-state index contributed by atoms with van der Waals surface area (Å²) in [5.74, 6) is 0.828. The highest BCUT2D eigenvalue weighted by Crippen LogP contribution is 2.41. The summed E-state index contributed by atoms with van der Waals surface area (Å²) in [5, 5.41) is 7.83. The van der Waals surface area contributed by atoms with Gasteiger partial charge in [0, 0.05) is 44.4 Å². The van der Waals surface area contributed by atoms with Crippen LogP contribution in [-0.2, 0) is 18.4 Å². The van der Waals surface area contributed by atoms with E-state index in [2.05, 4.69) is 20.3 Å². The van der Waals surface area contributed by atoms with Gasteiger partial charge in [0.2, 0.25) is 11.8 Å². The Kier molecular flexibility index (Phi) is 4.17. The topological polar surface area (TPSA) is 72.3 Å². The van der Waals surface area contributed by atoms with Crippen molar-refractivity contribution in [2.24, 2.45) is 7.05 Å². The first kappa shape index (κ1) is 16.1. The van der Waals surface area contributed by atoms with Gasteiger partial charge in [-0.2, -0.15) is 5.10 Å². The van der Waals surface area contributed by atoms with E-state index in [-0.39, 0.29) is 18.0 Å². The lowest BCUT2D eigenvalue weighted by molar-refractivity contribution is -0.129. The Balaban J connectivity index is 1.54. The van der Waals surface area contributed by atoms with Crippen LogP contribution in [0.4, 0.5) is 0 Å². The monoisotopic (exact) mass is 341 g/mol. The summed E-state index contributed by atoms with van der Waals surface area (Å²) in [6.45, 7) is 0.599. The standard InChI is InChI=1S/C18H23N5O2/c1-22-15(8-9-20-22)18-14(10-17(24)23(18)13-6-7-13)19-11-12-4-3-5-16(21-12)25-2/h3-5,8-9,13-14,18-19H,6-7,10-11H2,1-2H3/t14-,18-/m1/s1. The fourth-order valence-corrected chi connectivity index (χ4v) is 3.65. The molecule has 0 bridgehead atoms. The second kappa shape index (κ2) is 6.48. The quantitative estimate of drug-likeness (QED) is 0.860. The van der Waals surface area contributed by atoms with Crippen molar-refractivity contribution in [3.05, 3.63) is 41.9 Å². The van der Waals surface area contributed by atoms with E-state index in [0.717, 1.165) is 24.2 Å². The van der Waals surface area contributed by atoms with Crippen LogP contribution in [0.5, 0.6) is 5.88 Å². The third-order valence-electron chi connectivity index (χ3n) is 5.00. The van der Waals surface area contributed by atoms with Crippen LogP contribution in [0.2, 0.25) is 0 Å². The van der Waals surface area contributed by atoms with E-state index in [1.54, 1.807) is 13.3 Å². The summed E-state index contributed by atoms with van der Waals surface area (Å²) in [4.78, 5) is 19.1. The molecule has 0 radical (unpaired) electrons. The Morgan fingerprint density at radius 1 is 1.32 bits per heavy atom. The van der Waals surface area contributed by atoms with Crippen LogP contribution in [0.3, 0.4) is 0 Å². The van der Waals surface area contributed by atoms with Gasteiger partial charge in [-0.25, -0.2) is 4.98 Å². The van der Waals surface area contributed by atoms with Gasteiger partial charge in [-0.05, 0) is 25.0 Å². The highest BCUT2D eigenvalue weighted by molar-refractivity contribution is 5.81. The van der Waals surface area contributed by atoms with Crippen molar-refractivity contribution < 1.29 is 9.53 Å². The van der Waals surface area contributed by atoms with Crippen LogP contribution in [0.25, 0.3) is 0 Å². The molecule has 2 fully saturated rings. The molecule has 0 aromatic carbocycles. The number of carbonyl (C=O) groups excluding carboxylic acids is 1. The first-order chi connectivity index (χ1) is 12.2. The molecule has 1 aliphatic carbocycles. The molecule has 4 rings (SSSR count). The predicted molar refractivity (Wildman–Crippen MR) is 91.9 cm³/mol. The molecule has 25 heavy (non-hydrogen) atoms. The third kappa shape index (κ3) is 3.11. The Hall–Kier alpha value is -2.41. The highest BCUT2D eigenvalue weighted by Gasteiger charge is 2.48. The van der Waals surface area contributed by atoms with Crippen LogP contribution in [0.1, 0.15) is 36.7 Å². The van der Waals surface area contributed by atoms with Crippen molar-refractivity contribution in [3.8, 4) is 5.88 Å². The van der Waals surface area contributed by atoms with Crippen LogP contribution in [0.15, 0.2) is 30.5 Å². The molecule has 3 heterocycles. The number of nitrogens with zero attached hydrogens (tertiary/aromatic N) is 4. The minimum atomic E-state index is 0.0260. The number of aromatic nitrogens is 3. The number of carbonyl (C=O) groups is 1. The summed E-state index contributed by atoms with van der Waals surface area (Å²) in [5.41, 5.74) is 1.98. The van der Waals surface area contributed by atoms with Gasteiger partial charge < -0.3 is 15.0 Å². The molecule has 1 N–H and O–H groups in total. The number of hydrogen-bond donors (Lipinski definition) is 1. The van der Waals surface area contributed by atoms with E-state index in [4.69, 9.17) is 4.74 Å². The van der Waals surface area contributed by atoms with Gasteiger partial charge in [-0.3, -0.25) is 9.48 Å². The molecule has 2 aliphatic rings. The number of likely N-dealkylation sites (tertiary alicyclic amines) is 1. The van der Waals surface area contributed by atoms with Crippen LogP contribution in [-0.4, -0.2) is 44.8 Å². The maximum atomic E-state index is 12.6. The molecule has 1 saturated carbocycles. The minimum absolute atomic E-state index is 0.0260. The smallest absolute Gasteiger partial charge is 0.225 e. The summed E-state index contributed by atoms with van der Waals surface area (Å²) < 4.78 is 7.06. The summed E-state index contributed by atoms with van der Waals surface area (Å²) in [6.07, 6.45) is 4.51. The van der Waals surface area contributed by atoms with Gasteiger partial charge in [0.25, 0.3) is 0 Å². The van der Waals surface area contributed by atoms with E-state index in [0.29, 0.717) is 24.9 Å².